The molecule has 1 aromatic carbocycles. The molecule has 0 fully saturated rings. The number of hydrogen-bond donors (Lipinski definition) is 2. The molecule has 0 aliphatic rings. The highest BCUT2D eigenvalue weighted by atomic mass is 32.1. The van der Waals surface area contributed by atoms with Crippen LogP contribution in [0.15, 0.2) is 58.7 Å². The molecule has 2 N–H and O–H groups in total. The third-order valence-corrected chi connectivity index (χ3v) is 5.63. The van der Waals surface area contributed by atoms with Gasteiger partial charge in [-0.25, -0.2) is 4.98 Å². The molecule has 0 aliphatic carbocycles. The van der Waals surface area contributed by atoms with E-state index in [0.717, 1.165) is 4.88 Å². The van der Waals surface area contributed by atoms with Gasteiger partial charge in [-0.15, -0.1) is 11.3 Å². The van der Waals surface area contributed by atoms with Crippen molar-refractivity contribution in [1.82, 2.24) is 19.7 Å². The lowest BCUT2D eigenvalue weighted by atomic mass is 10.3. The van der Waals surface area contributed by atoms with Gasteiger partial charge in [-0.2, -0.15) is 9.78 Å². The van der Waals surface area contributed by atoms with Crippen molar-refractivity contribution >= 4 is 23.1 Å². The van der Waals surface area contributed by atoms with Gasteiger partial charge in [0.2, 0.25) is 5.95 Å². The van der Waals surface area contributed by atoms with E-state index >= 15 is 0 Å². The molecule has 4 aromatic rings. The van der Waals surface area contributed by atoms with Crippen LogP contribution in [-0.2, 0) is 4.79 Å². The lowest BCUT2D eigenvalue weighted by molar-refractivity contribution is -0.122. The van der Waals surface area contributed by atoms with E-state index in [0.29, 0.717) is 28.5 Å². The predicted molar refractivity (Wildman–Crippen MR) is 120 cm³/mol. The van der Waals surface area contributed by atoms with Crippen LogP contribution in [0.5, 0.6) is 5.75 Å². The van der Waals surface area contributed by atoms with Gasteiger partial charge in [-0.3, -0.25) is 14.6 Å². The fraction of sp³-hybridized carbons (Fsp3) is 0.182. The summed E-state index contributed by atoms with van der Waals surface area (Å²) in [4.78, 5) is 33.2. The van der Waals surface area contributed by atoms with Gasteiger partial charge >= 0.3 is 0 Å². The number of thiophene rings is 1. The first-order valence-electron chi connectivity index (χ1n) is 9.67. The number of H-pyrrole nitrogens is 1. The maximum absolute atomic E-state index is 12.8. The third kappa shape index (κ3) is 4.41. The maximum atomic E-state index is 12.8. The quantitative estimate of drug-likeness (QED) is 0.481. The van der Waals surface area contributed by atoms with E-state index in [2.05, 4.69) is 20.4 Å². The second-order valence-corrected chi connectivity index (χ2v) is 7.91. The Kier molecular flexibility index (Phi) is 5.68. The summed E-state index contributed by atoms with van der Waals surface area (Å²) in [6, 6.07) is 14.7. The minimum Gasteiger partial charge on any atom is -0.481 e. The number of aromatic nitrogens is 4. The molecule has 31 heavy (non-hydrogen) atoms. The molecule has 0 bridgehead atoms. The number of nitrogens with one attached hydrogen (secondary N) is 2. The van der Waals surface area contributed by atoms with Crippen molar-refractivity contribution in [2.45, 2.75) is 26.9 Å². The maximum Gasteiger partial charge on any atom is 0.266 e. The summed E-state index contributed by atoms with van der Waals surface area (Å²) in [6.07, 6.45) is -0.748. The van der Waals surface area contributed by atoms with Gasteiger partial charge in [-0.05, 0) is 44.4 Å². The molecule has 158 valence electrons. The van der Waals surface area contributed by atoms with Crippen molar-refractivity contribution in [2.75, 3.05) is 5.32 Å². The fourth-order valence-corrected chi connectivity index (χ4v) is 3.57. The van der Waals surface area contributed by atoms with Gasteiger partial charge in [0.25, 0.3) is 11.5 Å². The molecule has 8 nitrogen and oxygen atoms in total. The second-order valence-electron chi connectivity index (χ2n) is 6.97. The Morgan fingerprint density at radius 3 is 2.65 bits per heavy atom. The summed E-state index contributed by atoms with van der Waals surface area (Å²) in [7, 11) is 0. The molecule has 1 atom stereocenters. The summed E-state index contributed by atoms with van der Waals surface area (Å²) in [6.45, 7) is 5.13. The summed E-state index contributed by atoms with van der Waals surface area (Å²) < 4.78 is 7.14. The van der Waals surface area contributed by atoms with Crippen LogP contribution in [0.1, 0.15) is 18.2 Å². The molecule has 3 heterocycles. The van der Waals surface area contributed by atoms with Gasteiger partial charge in [0.1, 0.15) is 17.3 Å². The predicted octanol–water partition coefficient (Wildman–Crippen LogP) is 3.71. The van der Waals surface area contributed by atoms with Crippen molar-refractivity contribution in [3.8, 4) is 22.3 Å². The van der Waals surface area contributed by atoms with Crippen LogP contribution < -0.4 is 15.6 Å². The third-order valence-electron chi connectivity index (χ3n) is 4.74. The average molecular weight is 436 g/mol. The Morgan fingerprint density at radius 1 is 1.19 bits per heavy atom. The molecule has 3 aromatic heterocycles. The number of benzene rings is 1. The van der Waals surface area contributed by atoms with E-state index in [4.69, 9.17) is 4.74 Å². The van der Waals surface area contributed by atoms with E-state index in [-0.39, 0.29) is 17.4 Å². The lowest BCUT2D eigenvalue weighted by Crippen LogP contribution is -2.31. The summed E-state index contributed by atoms with van der Waals surface area (Å²) in [5.41, 5.74) is 1.52. The molecular weight excluding hydrogens is 414 g/mol. The van der Waals surface area contributed by atoms with Crippen LogP contribution in [0.25, 0.3) is 16.5 Å². The fourth-order valence-electron chi connectivity index (χ4n) is 2.89. The number of hydrogen-bond acceptors (Lipinski definition) is 6. The standard InChI is InChI=1S/C22H21N5O3S/c1-13-14(2)23-22(25-20(13)28)27-19(12-17(26-27)18-10-7-11-31-18)24-21(29)15(3)30-16-8-5-4-6-9-16/h4-12,15H,1-3H3,(H,24,29)(H,23,25,28). The van der Waals surface area contributed by atoms with Crippen LogP contribution in [0.2, 0.25) is 0 Å². The number of para-hydroxylation sites is 1. The van der Waals surface area contributed by atoms with Crippen LogP contribution >= 0.6 is 11.3 Å². The first-order chi connectivity index (χ1) is 14.9. The minimum absolute atomic E-state index is 0.225. The Morgan fingerprint density at radius 2 is 1.97 bits per heavy atom. The monoisotopic (exact) mass is 435 g/mol. The zero-order valence-corrected chi connectivity index (χ0v) is 18.1. The zero-order valence-electron chi connectivity index (χ0n) is 17.2. The van der Waals surface area contributed by atoms with Gasteiger partial charge in [0.15, 0.2) is 6.10 Å². The Balaban J connectivity index is 1.67. The van der Waals surface area contributed by atoms with Gasteiger partial charge in [-0.1, -0.05) is 24.3 Å². The SMILES string of the molecule is Cc1nc(-n2nc(-c3cccs3)cc2NC(=O)C(C)Oc2ccccc2)[nH]c(=O)c1C. The molecule has 4 rings (SSSR count). The van der Waals surface area contributed by atoms with E-state index in [1.165, 1.54) is 16.0 Å². The number of rotatable bonds is 6. The van der Waals surface area contributed by atoms with E-state index in [9.17, 15) is 9.59 Å². The number of aryl methyl sites for hydroxylation is 1. The van der Waals surface area contributed by atoms with Gasteiger partial charge in [0.05, 0.1) is 4.88 Å². The van der Waals surface area contributed by atoms with Crippen LogP contribution in [0.3, 0.4) is 0 Å². The van der Waals surface area contributed by atoms with Gasteiger partial charge in [0, 0.05) is 17.3 Å². The number of ether oxygens (including phenoxy) is 1. The highest BCUT2D eigenvalue weighted by Crippen LogP contribution is 2.27. The summed E-state index contributed by atoms with van der Waals surface area (Å²) >= 11 is 1.52. The molecule has 0 saturated carbocycles. The van der Waals surface area contributed by atoms with Crippen molar-refractivity contribution in [3.63, 3.8) is 0 Å². The summed E-state index contributed by atoms with van der Waals surface area (Å²) in [5, 5.41) is 9.36. The highest BCUT2D eigenvalue weighted by Gasteiger charge is 2.20. The molecule has 9 heteroatoms. The Hall–Kier alpha value is -3.72. The number of carbonyl (C=O) groups excluding carboxylic acids is 1. The highest BCUT2D eigenvalue weighted by molar-refractivity contribution is 7.13. The van der Waals surface area contributed by atoms with E-state index in [1.54, 1.807) is 39.0 Å². The van der Waals surface area contributed by atoms with Crippen molar-refractivity contribution in [3.05, 3.63) is 75.5 Å². The number of anilines is 1. The number of amides is 1. The van der Waals surface area contributed by atoms with E-state index < -0.39 is 6.10 Å². The molecule has 0 radical (unpaired) electrons. The van der Waals surface area contributed by atoms with Crippen molar-refractivity contribution in [2.24, 2.45) is 0 Å². The van der Waals surface area contributed by atoms with Crippen LogP contribution in [-0.4, -0.2) is 31.8 Å². The van der Waals surface area contributed by atoms with Crippen LogP contribution in [0, 0.1) is 13.8 Å². The van der Waals surface area contributed by atoms with Gasteiger partial charge < -0.3 is 10.1 Å². The Bertz CT molecular complexity index is 1260. The first kappa shape index (κ1) is 20.5. The largest absolute Gasteiger partial charge is 0.481 e. The van der Waals surface area contributed by atoms with Crippen molar-refractivity contribution in [1.29, 1.82) is 0 Å². The van der Waals surface area contributed by atoms with Crippen molar-refractivity contribution < 1.29 is 9.53 Å². The molecule has 0 spiro atoms. The topological polar surface area (TPSA) is 102 Å². The molecule has 0 saturated heterocycles. The number of nitrogens with zero attached hydrogens (tertiary/aromatic N) is 3. The smallest absolute Gasteiger partial charge is 0.266 e. The van der Waals surface area contributed by atoms with Crippen LogP contribution in [0.4, 0.5) is 5.82 Å². The summed E-state index contributed by atoms with van der Waals surface area (Å²) in [5.74, 6) is 0.846. The normalized spacial score (nSPS) is 11.8. The molecule has 1 amide bonds. The first-order valence-corrected chi connectivity index (χ1v) is 10.5. The lowest BCUT2D eigenvalue weighted by Gasteiger charge is -2.15. The molecule has 1 unspecified atom stereocenters. The molecule has 0 aliphatic heterocycles. The molecular formula is C22H21N5O3S. The number of carbonyl (C=O) groups is 1. The average Bonchev–Trinajstić information content (AvgIpc) is 3.42. The minimum atomic E-state index is -0.748. The van der Waals surface area contributed by atoms with E-state index in [1.807, 2.05) is 35.7 Å². The zero-order chi connectivity index (χ0) is 22.0. The Labute approximate surface area is 182 Å². The number of aromatic amines is 1. The second kappa shape index (κ2) is 8.57.